The molecule has 0 fully saturated rings. The number of amides is 1. The van der Waals surface area contributed by atoms with Gasteiger partial charge in [0.1, 0.15) is 5.75 Å². The van der Waals surface area contributed by atoms with E-state index in [1.54, 1.807) is 4.90 Å². The summed E-state index contributed by atoms with van der Waals surface area (Å²) in [7, 11) is 0. The first-order chi connectivity index (χ1) is 8.15. The molecular weight excluding hydrogens is 286 g/mol. The number of hydrogen-bond acceptors (Lipinski definition) is 3. The fourth-order valence-electron chi connectivity index (χ4n) is 1.86. The molecule has 1 heterocycles. The molecular formula is C12H14BrNO3. The predicted octanol–water partition coefficient (Wildman–Crippen LogP) is 2.52. The zero-order valence-electron chi connectivity index (χ0n) is 9.72. The van der Waals surface area contributed by atoms with E-state index in [1.165, 1.54) is 6.92 Å². The highest BCUT2D eigenvalue weighted by Gasteiger charge is 2.37. The van der Waals surface area contributed by atoms with Crippen LogP contribution in [-0.2, 0) is 9.53 Å². The maximum atomic E-state index is 11.8. The normalized spacial score (nSPS) is 22.9. The van der Waals surface area contributed by atoms with Crippen LogP contribution in [0.2, 0.25) is 0 Å². The minimum atomic E-state index is -0.438. The molecule has 2 atom stereocenters. The van der Waals surface area contributed by atoms with Crippen molar-refractivity contribution in [3.63, 3.8) is 0 Å². The third kappa shape index (κ3) is 2.30. The largest absolute Gasteiger partial charge is 0.472 e. The minimum absolute atomic E-state index is 0.0661. The molecule has 1 aromatic carbocycles. The fraction of sp³-hybridized carbons (Fsp3) is 0.417. The van der Waals surface area contributed by atoms with Gasteiger partial charge in [0, 0.05) is 13.5 Å². The molecule has 0 saturated heterocycles. The van der Waals surface area contributed by atoms with Crippen molar-refractivity contribution in [2.45, 2.75) is 25.1 Å². The summed E-state index contributed by atoms with van der Waals surface area (Å²) in [4.78, 5) is 13.4. The quantitative estimate of drug-likeness (QED) is 0.788. The first kappa shape index (κ1) is 12.4. The molecule has 92 valence electrons. The van der Waals surface area contributed by atoms with Crippen LogP contribution >= 0.6 is 15.9 Å². The van der Waals surface area contributed by atoms with E-state index in [-0.39, 0.29) is 10.9 Å². The van der Waals surface area contributed by atoms with Gasteiger partial charge in [-0.1, -0.05) is 12.1 Å². The molecule has 2 unspecified atom stereocenters. The molecule has 0 spiro atoms. The van der Waals surface area contributed by atoms with Crippen molar-refractivity contribution in [2.75, 3.05) is 11.5 Å². The van der Waals surface area contributed by atoms with Crippen LogP contribution in [0.1, 0.15) is 13.8 Å². The van der Waals surface area contributed by atoms with Crippen molar-refractivity contribution in [1.29, 1.82) is 0 Å². The van der Waals surface area contributed by atoms with Crippen molar-refractivity contribution in [3.8, 4) is 5.75 Å². The van der Waals surface area contributed by atoms with E-state index >= 15 is 0 Å². The monoisotopic (exact) mass is 299 g/mol. The van der Waals surface area contributed by atoms with E-state index in [4.69, 9.17) is 9.47 Å². The van der Waals surface area contributed by atoms with E-state index in [0.29, 0.717) is 12.4 Å². The second kappa shape index (κ2) is 5.06. The highest BCUT2D eigenvalue weighted by molar-refractivity contribution is 9.09. The van der Waals surface area contributed by atoms with Crippen LogP contribution in [0.5, 0.6) is 5.75 Å². The number of carbonyl (C=O) groups excluding carboxylic acids is 1. The smallest absolute Gasteiger partial charge is 0.226 e. The summed E-state index contributed by atoms with van der Waals surface area (Å²) in [5.74, 6) is 0.615. The number of para-hydroxylation sites is 2. The summed E-state index contributed by atoms with van der Waals surface area (Å²) >= 11 is 3.39. The Labute approximate surface area is 109 Å². The van der Waals surface area contributed by atoms with Crippen LogP contribution in [0.25, 0.3) is 0 Å². The second-order valence-corrected chi connectivity index (χ2v) is 4.57. The first-order valence-corrected chi connectivity index (χ1v) is 6.38. The molecule has 1 aromatic rings. The van der Waals surface area contributed by atoms with Crippen LogP contribution < -0.4 is 9.64 Å². The lowest BCUT2D eigenvalue weighted by Crippen LogP contribution is -2.51. The van der Waals surface area contributed by atoms with Gasteiger partial charge in [-0.3, -0.25) is 9.69 Å². The second-order valence-electron chi connectivity index (χ2n) is 3.67. The third-order valence-electron chi connectivity index (χ3n) is 2.52. The topological polar surface area (TPSA) is 38.8 Å². The van der Waals surface area contributed by atoms with Crippen molar-refractivity contribution < 1.29 is 14.3 Å². The van der Waals surface area contributed by atoms with Crippen molar-refractivity contribution >= 4 is 27.5 Å². The van der Waals surface area contributed by atoms with Gasteiger partial charge < -0.3 is 9.47 Å². The number of rotatable bonds is 2. The molecule has 0 N–H and O–H groups in total. The van der Waals surface area contributed by atoms with Gasteiger partial charge >= 0.3 is 0 Å². The number of anilines is 1. The Morgan fingerprint density at radius 1 is 1.53 bits per heavy atom. The van der Waals surface area contributed by atoms with E-state index in [1.807, 2.05) is 31.2 Å². The molecule has 0 bridgehead atoms. The molecule has 0 aromatic heterocycles. The Hall–Kier alpha value is -1.07. The maximum absolute atomic E-state index is 11.8. The maximum Gasteiger partial charge on any atom is 0.226 e. The Balaban J connectivity index is 2.42. The van der Waals surface area contributed by atoms with Gasteiger partial charge in [0.05, 0.1) is 5.69 Å². The summed E-state index contributed by atoms with van der Waals surface area (Å²) < 4.78 is 11.2. The summed E-state index contributed by atoms with van der Waals surface area (Å²) in [6.45, 7) is 3.93. The van der Waals surface area contributed by atoms with Gasteiger partial charge in [-0.05, 0) is 35.0 Å². The molecule has 1 aliphatic heterocycles. The minimum Gasteiger partial charge on any atom is -0.472 e. The first-order valence-electron chi connectivity index (χ1n) is 5.46. The van der Waals surface area contributed by atoms with Crippen LogP contribution in [-0.4, -0.2) is 23.8 Å². The molecule has 2 rings (SSSR count). The molecule has 0 radical (unpaired) electrons. The third-order valence-corrected chi connectivity index (χ3v) is 3.16. The molecule has 17 heavy (non-hydrogen) atoms. The van der Waals surface area contributed by atoms with Gasteiger partial charge in [0.2, 0.25) is 5.91 Å². The van der Waals surface area contributed by atoms with Crippen LogP contribution in [0.3, 0.4) is 0 Å². The van der Waals surface area contributed by atoms with Crippen LogP contribution in [0.15, 0.2) is 24.3 Å². The molecule has 5 heteroatoms. The summed E-state index contributed by atoms with van der Waals surface area (Å²) in [5.41, 5.74) is 0.745. The number of fused-ring (bicyclic) bond motifs is 1. The lowest BCUT2D eigenvalue weighted by molar-refractivity contribution is -0.120. The Bertz CT molecular complexity index is 424. The zero-order chi connectivity index (χ0) is 12.4. The number of alkyl halides is 1. The average Bonchev–Trinajstić information content (AvgIpc) is 2.29. The van der Waals surface area contributed by atoms with Gasteiger partial charge in [-0.2, -0.15) is 0 Å². The molecule has 1 aliphatic rings. The summed E-state index contributed by atoms with van der Waals surface area (Å²) in [5, 5.41) is -0.360. The number of benzene rings is 1. The Morgan fingerprint density at radius 2 is 2.24 bits per heavy atom. The molecule has 1 amide bonds. The number of carbonyl (C=O) groups is 1. The molecule has 4 nitrogen and oxygen atoms in total. The van der Waals surface area contributed by atoms with Crippen molar-refractivity contribution in [3.05, 3.63) is 24.3 Å². The van der Waals surface area contributed by atoms with Crippen LogP contribution in [0.4, 0.5) is 5.69 Å². The number of nitrogens with zero attached hydrogens (tertiary/aromatic N) is 1. The SMILES string of the molecule is CCOC1C(Br)Oc2ccccc2N1C(C)=O. The highest BCUT2D eigenvalue weighted by atomic mass is 79.9. The Morgan fingerprint density at radius 3 is 2.88 bits per heavy atom. The molecule has 0 aliphatic carbocycles. The van der Waals surface area contributed by atoms with Crippen molar-refractivity contribution in [2.24, 2.45) is 0 Å². The summed E-state index contributed by atoms with van der Waals surface area (Å²) in [6.07, 6.45) is -0.438. The highest BCUT2D eigenvalue weighted by Crippen LogP contribution is 2.38. The number of ether oxygens (including phenoxy) is 2. The average molecular weight is 300 g/mol. The van der Waals surface area contributed by atoms with E-state index in [0.717, 1.165) is 5.69 Å². The lowest BCUT2D eigenvalue weighted by atomic mass is 10.2. The van der Waals surface area contributed by atoms with E-state index in [2.05, 4.69) is 15.9 Å². The Kier molecular flexibility index (Phi) is 3.69. The van der Waals surface area contributed by atoms with E-state index in [9.17, 15) is 4.79 Å². The molecule has 0 saturated carbocycles. The summed E-state index contributed by atoms with van der Waals surface area (Å²) in [6, 6.07) is 7.43. The van der Waals surface area contributed by atoms with Gasteiger partial charge in [0.15, 0.2) is 11.2 Å². The number of hydrogen-bond donors (Lipinski definition) is 0. The number of halogens is 1. The van der Waals surface area contributed by atoms with Gasteiger partial charge in [-0.15, -0.1) is 0 Å². The van der Waals surface area contributed by atoms with Crippen molar-refractivity contribution in [1.82, 2.24) is 0 Å². The van der Waals surface area contributed by atoms with Gasteiger partial charge in [0.25, 0.3) is 0 Å². The lowest BCUT2D eigenvalue weighted by Gasteiger charge is -2.38. The van der Waals surface area contributed by atoms with E-state index < -0.39 is 6.23 Å². The van der Waals surface area contributed by atoms with Gasteiger partial charge in [-0.25, -0.2) is 0 Å². The zero-order valence-corrected chi connectivity index (χ0v) is 11.3. The predicted molar refractivity (Wildman–Crippen MR) is 68.4 cm³/mol. The fourth-order valence-corrected chi connectivity index (χ4v) is 2.45. The standard InChI is InChI=1S/C12H14BrNO3/c1-3-16-12-11(13)17-10-7-5-4-6-9(10)14(12)8(2)15/h4-7,11-12H,3H2,1-2H3. The van der Waals surface area contributed by atoms with Crippen LogP contribution in [0, 0.1) is 0 Å².